The summed E-state index contributed by atoms with van der Waals surface area (Å²) in [6.45, 7) is 6.43. The quantitative estimate of drug-likeness (QED) is 0.776. The van der Waals surface area contributed by atoms with Gasteiger partial charge in [-0.15, -0.1) is 0 Å². The lowest BCUT2D eigenvalue weighted by atomic mass is 10.1. The van der Waals surface area contributed by atoms with Gasteiger partial charge in [-0.25, -0.2) is 12.7 Å². The fourth-order valence-corrected chi connectivity index (χ4v) is 3.01. The summed E-state index contributed by atoms with van der Waals surface area (Å²) < 4.78 is 26.0. The number of hydrogen-bond acceptors (Lipinski definition) is 2. The topological polar surface area (TPSA) is 37.4 Å². The highest BCUT2D eigenvalue weighted by Crippen LogP contribution is 2.19. The van der Waals surface area contributed by atoms with Crippen LogP contribution >= 0.6 is 15.9 Å². The summed E-state index contributed by atoms with van der Waals surface area (Å²) in [5.41, 5.74) is 2.10. The molecule has 1 atom stereocenters. The van der Waals surface area contributed by atoms with Crippen LogP contribution in [-0.4, -0.2) is 31.1 Å². The normalized spacial score (nSPS) is 13.9. The zero-order valence-electron chi connectivity index (χ0n) is 11.3. The summed E-state index contributed by atoms with van der Waals surface area (Å²) >= 11 is 3.43. The molecule has 1 aromatic carbocycles. The van der Waals surface area contributed by atoms with Crippen molar-refractivity contribution in [2.24, 2.45) is 0 Å². The van der Waals surface area contributed by atoms with Crippen molar-refractivity contribution >= 4 is 26.0 Å². The summed E-state index contributed by atoms with van der Waals surface area (Å²) in [5.74, 6) is 0. The number of rotatable bonds is 5. The van der Waals surface area contributed by atoms with Gasteiger partial charge in [-0.2, -0.15) is 0 Å². The Morgan fingerprint density at radius 1 is 1.28 bits per heavy atom. The van der Waals surface area contributed by atoms with E-state index in [1.807, 2.05) is 26.8 Å². The fourth-order valence-electron chi connectivity index (χ4n) is 1.53. The predicted octanol–water partition coefficient (Wildman–Crippen LogP) is 3.10. The standard InChI is InChI=1S/C13H20BrNO2S/c1-10-5-6-13(9-11(10)2)18(16,17)15(4)8-7-12(3)14/h5-6,9,12H,7-8H2,1-4H3. The average Bonchev–Trinajstić information content (AvgIpc) is 2.29. The van der Waals surface area contributed by atoms with Crippen LogP contribution in [-0.2, 0) is 10.0 Å². The number of nitrogens with zero attached hydrogens (tertiary/aromatic N) is 1. The molecule has 0 amide bonds. The summed E-state index contributed by atoms with van der Waals surface area (Å²) in [6, 6.07) is 5.26. The largest absolute Gasteiger partial charge is 0.242 e. The van der Waals surface area contributed by atoms with Crippen LogP contribution < -0.4 is 0 Å². The first kappa shape index (κ1) is 15.7. The highest BCUT2D eigenvalue weighted by molar-refractivity contribution is 9.09. The first-order valence-corrected chi connectivity index (χ1v) is 8.28. The van der Waals surface area contributed by atoms with E-state index in [0.717, 1.165) is 17.5 Å². The lowest BCUT2D eigenvalue weighted by Gasteiger charge is -2.18. The van der Waals surface area contributed by atoms with Crippen LogP contribution in [0.25, 0.3) is 0 Å². The minimum absolute atomic E-state index is 0.315. The van der Waals surface area contributed by atoms with Gasteiger partial charge >= 0.3 is 0 Å². The van der Waals surface area contributed by atoms with Gasteiger partial charge in [0.15, 0.2) is 0 Å². The van der Waals surface area contributed by atoms with Crippen LogP contribution in [0.2, 0.25) is 0 Å². The van der Waals surface area contributed by atoms with Gasteiger partial charge in [-0.3, -0.25) is 0 Å². The molecular formula is C13H20BrNO2S. The van der Waals surface area contributed by atoms with Gasteiger partial charge in [0, 0.05) is 18.4 Å². The van der Waals surface area contributed by atoms with Gasteiger partial charge in [0.05, 0.1) is 4.90 Å². The molecule has 3 nitrogen and oxygen atoms in total. The monoisotopic (exact) mass is 333 g/mol. The maximum absolute atomic E-state index is 12.3. The third kappa shape index (κ3) is 3.80. The smallest absolute Gasteiger partial charge is 0.207 e. The Morgan fingerprint density at radius 2 is 1.89 bits per heavy atom. The van der Waals surface area contributed by atoms with Gasteiger partial charge in [0.25, 0.3) is 0 Å². The van der Waals surface area contributed by atoms with Crippen molar-refractivity contribution in [1.29, 1.82) is 0 Å². The molecule has 1 unspecified atom stereocenters. The van der Waals surface area contributed by atoms with Crippen LogP contribution in [0.15, 0.2) is 23.1 Å². The number of alkyl halides is 1. The molecule has 0 bridgehead atoms. The molecule has 0 saturated heterocycles. The second-order valence-electron chi connectivity index (χ2n) is 4.64. The lowest BCUT2D eigenvalue weighted by molar-refractivity contribution is 0.462. The highest BCUT2D eigenvalue weighted by atomic mass is 79.9. The van der Waals surface area contributed by atoms with Crippen LogP contribution in [0.4, 0.5) is 0 Å². The molecule has 0 fully saturated rings. The van der Waals surface area contributed by atoms with E-state index >= 15 is 0 Å². The fraction of sp³-hybridized carbons (Fsp3) is 0.538. The van der Waals surface area contributed by atoms with Gasteiger partial charge in [-0.05, 0) is 43.5 Å². The molecule has 5 heteroatoms. The molecule has 0 aliphatic rings. The first-order chi connectivity index (χ1) is 8.25. The average molecular weight is 334 g/mol. The summed E-state index contributed by atoms with van der Waals surface area (Å²) in [6.07, 6.45) is 0.792. The summed E-state index contributed by atoms with van der Waals surface area (Å²) in [7, 11) is -1.74. The molecule has 0 aliphatic heterocycles. The molecule has 0 aliphatic carbocycles. The summed E-state index contributed by atoms with van der Waals surface area (Å²) in [4.78, 5) is 0.685. The van der Waals surface area contributed by atoms with Crippen LogP contribution in [0.1, 0.15) is 24.5 Å². The van der Waals surface area contributed by atoms with Crippen molar-refractivity contribution < 1.29 is 8.42 Å². The Labute approximate surface area is 118 Å². The minimum Gasteiger partial charge on any atom is -0.207 e. The SMILES string of the molecule is Cc1ccc(S(=O)(=O)N(C)CCC(C)Br)cc1C. The van der Waals surface area contributed by atoms with E-state index < -0.39 is 10.0 Å². The van der Waals surface area contributed by atoms with Crippen molar-refractivity contribution in [2.45, 2.75) is 36.9 Å². The van der Waals surface area contributed by atoms with E-state index in [4.69, 9.17) is 0 Å². The third-order valence-corrected chi connectivity index (χ3v) is 5.34. The molecule has 1 rings (SSSR count). The molecule has 1 aromatic rings. The highest BCUT2D eigenvalue weighted by Gasteiger charge is 2.21. The molecular weight excluding hydrogens is 314 g/mol. The van der Waals surface area contributed by atoms with E-state index in [1.165, 1.54) is 4.31 Å². The molecule has 102 valence electrons. The molecule has 0 spiro atoms. The van der Waals surface area contributed by atoms with Crippen molar-refractivity contribution in [3.63, 3.8) is 0 Å². The Bertz CT molecular complexity index is 512. The van der Waals surface area contributed by atoms with Crippen molar-refractivity contribution in [1.82, 2.24) is 4.31 Å². The minimum atomic E-state index is -3.36. The Kier molecular flexibility index (Phi) is 5.37. The number of benzene rings is 1. The van der Waals surface area contributed by atoms with Gasteiger partial charge < -0.3 is 0 Å². The number of hydrogen-bond donors (Lipinski definition) is 0. The molecule has 18 heavy (non-hydrogen) atoms. The van der Waals surface area contributed by atoms with Crippen LogP contribution in [0.5, 0.6) is 0 Å². The maximum Gasteiger partial charge on any atom is 0.242 e. The van der Waals surface area contributed by atoms with Gasteiger partial charge in [0.1, 0.15) is 0 Å². The molecule has 0 saturated carbocycles. The number of halogens is 1. The van der Waals surface area contributed by atoms with Crippen LogP contribution in [0, 0.1) is 13.8 Å². The van der Waals surface area contributed by atoms with E-state index in [-0.39, 0.29) is 0 Å². The van der Waals surface area contributed by atoms with E-state index in [0.29, 0.717) is 16.3 Å². The van der Waals surface area contributed by atoms with E-state index in [1.54, 1.807) is 19.2 Å². The van der Waals surface area contributed by atoms with Gasteiger partial charge in [0.2, 0.25) is 10.0 Å². The zero-order chi connectivity index (χ0) is 13.9. The van der Waals surface area contributed by atoms with E-state index in [9.17, 15) is 8.42 Å². The van der Waals surface area contributed by atoms with Gasteiger partial charge in [-0.1, -0.05) is 28.9 Å². The predicted molar refractivity (Wildman–Crippen MR) is 78.7 cm³/mol. The maximum atomic E-state index is 12.3. The molecule has 0 heterocycles. The number of sulfonamides is 1. The Hall–Kier alpha value is -0.390. The Morgan fingerprint density at radius 3 is 2.39 bits per heavy atom. The molecule has 0 aromatic heterocycles. The van der Waals surface area contributed by atoms with Crippen molar-refractivity contribution in [3.05, 3.63) is 29.3 Å². The van der Waals surface area contributed by atoms with Crippen LogP contribution in [0.3, 0.4) is 0 Å². The number of aryl methyl sites for hydroxylation is 2. The summed E-state index contributed by atoms with van der Waals surface area (Å²) in [5, 5.41) is 0. The van der Waals surface area contributed by atoms with Crippen molar-refractivity contribution in [3.8, 4) is 0 Å². The second-order valence-corrected chi connectivity index (χ2v) is 8.25. The van der Waals surface area contributed by atoms with Crippen molar-refractivity contribution in [2.75, 3.05) is 13.6 Å². The lowest BCUT2D eigenvalue weighted by Crippen LogP contribution is -2.29. The molecule has 0 N–H and O–H groups in total. The first-order valence-electron chi connectivity index (χ1n) is 5.93. The second kappa shape index (κ2) is 6.17. The zero-order valence-corrected chi connectivity index (χ0v) is 13.7. The third-order valence-electron chi connectivity index (χ3n) is 3.03. The Balaban J connectivity index is 2.95. The van der Waals surface area contributed by atoms with E-state index in [2.05, 4.69) is 15.9 Å². The molecule has 0 radical (unpaired) electrons.